The Balaban J connectivity index is 2.18. The highest BCUT2D eigenvalue weighted by molar-refractivity contribution is 5.64. The number of nitrogens with one attached hydrogen (secondary N) is 1. The molecule has 6 nitrogen and oxygen atoms in total. The average Bonchev–Trinajstić information content (AvgIpc) is 2.83. The molecule has 0 aliphatic carbocycles. The molecule has 0 spiro atoms. The van der Waals surface area contributed by atoms with Gasteiger partial charge < -0.3 is 15.6 Å². The third-order valence-electron chi connectivity index (χ3n) is 2.73. The van der Waals surface area contributed by atoms with Gasteiger partial charge in [-0.3, -0.25) is 0 Å². The molecule has 18 heavy (non-hydrogen) atoms. The summed E-state index contributed by atoms with van der Waals surface area (Å²) in [4.78, 5) is 0. The first-order valence-corrected chi connectivity index (χ1v) is 5.99. The Morgan fingerprint density at radius 3 is 2.72 bits per heavy atom. The Morgan fingerprint density at radius 1 is 1.44 bits per heavy atom. The van der Waals surface area contributed by atoms with Gasteiger partial charge >= 0.3 is 0 Å². The Hall–Kier alpha value is -1.98. The van der Waals surface area contributed by atoms with Crippen LogP contribution in [0.25, 0.3) is 0 Å². The van der Waals surface area contributed by atoms with Gasteiger partial charge in [0.25, 0.3) is 0 Å². The van der Waals surface area contributed by atoms with Crippen molar-refractivity contribution in [2.75, 3.05) is 11.1 Å². The molecule has 98 valence electrons. The van der Waals surface area contributed by atoms with Crippen LogP contribution in [-0.4, -0.2) is 14.9 Å². The molecule has 2 aromatic heterocycles. The zero-order valence-electron chi connectivity index (χ0n) is 11.2. The van der Waals surface area contributed by atoms with E-state index in [9.17, 15) is 0 Å². The Bertz CT molecular complexity index is 541. The number of aromatic nitrogens is 3. The van der Waals surface area contributed by atoms with Crippen LogP contribution < -0.4 is 11.1 Å². The highest BCUT2D eigenvalue weighted by Gasteiger charge is 2.14. The number of nitrogens with two attached hydrogens (primary N) is 1. The van der Waals surface area contributed by atoms with Crippen molar-refractivity contribution in [2.24, 2.45) is 0 Å². The smallest absolute Gasteiger partial charge is 0.148 e. The predicted molar refractivity (Wildman–Crippen MR) is 70.3 cm³/mol. The topological polar surface area (TPSA) is 81.9 Å². The zero-order valence-corrected chi connectivity index (χ0v) is 11.2. The van der Waals surface area contributed by atoms with Gasteiger partial charge in [-0.2, -0.15) is 5.10 Å². The lowest BCUT2D eigenvalue weighted by molar-refractivity contribution is 0.391. The second-order valence-corrected chi connectivity index (χ2v) is 4.67. The lowest BCUT2D eigenvalue weighted by Gasteiger charge is -2.12. The van der Waals surface area contributed by atoms with Crippen molar-refractivity contribution in [3.8, 4) is 0 Å². The first kappa shape index (κ1) is 12.5. The maximum absolute atomic E-state index is 6.02. The molecule has 2 aromatic rings. The van der Waals surface area contributed by atoms with Crippen molar-refractivity contribution in [1.29, 1.82) is 0 Å². The van der Waals surface area contributed by atoms with Crippen molar-refractivity contribution in [2.45, 2.75) is 40.3 Å². The van der Waals surface area contributed by atoms with Crippen molar-refractivity contribution >= 4 is 11.5 Å². The van der Waals surface area contributed by atoms with Crippen LogP contribution in [0, 0.1) is 13.8 Å². The fraction of sp³-hybridized carbons (Fsp3) is 0.500. The minimum absolute atomic E-state index is 0.252. The van der Waals surface area contributed by atoms with Crippen LogP contribution >= 0.6 is 0 Å². The van der Waals surface area contributed by atoms with Crippen LogP contribution in [0.4, 0.5) is 11.5 Å². The minimum atomic E-state index is 0.252. The number of nitrogens with zero attached hydrogens (tertiary/aromatic N) is 3. The Kier molecular flexibility index (Phi) is 3.27. The fourth-order valence-corrected chi connectivity index (χ4v) is 1.79. The van der Waals surface area contributed by atoms with Gasteiger partial charge in [0, 0.05) is 12.1 Å². The van der Waals surface area contributed by atoms with E-state index in [1.807, 2.05) is 24.6 Å². The van der Waals surface area contributed by atoms with Gasteiger partial charge in [0.05, 0.1) is 17.9 Å². The highest BCUT2D eigenvalue weighted by atomic mass is 16.5. The lowest BCUT2D eigenvalue weighted by atomic mass is 10.3. The zero-order chi connectivity index (χ0) is 13.3. The van der Waals surface area contributed by atoms with E-state index in [2.05, 4.69) is 29.4 Å². The van der Waals surface area contributed by atoms with Gasteiger partial charge in [-0.25, -0.2) is 4.68 Å². The minimum Gasteiger partial charge on any atom is -0.394 e. The second kappa shape index (κ2) is 4.72. The van der Waals surface area contributed by atoms with Gasteiger partial charge in [-0.05, 0) is 27.7 Å². The van der Waals surface area contributed by atoms with E-state index in [1.165, 1.54) is 0 Å². The molecule has 0 bridgehead atoms. The first-order valence-electron chi connectivity index (χ1n) is 5.99. The lowest BCUT2D eigenvalue weighted by Crippen LogP contribution is -2.11. The van der Waals surface area contributed by atoms with Gasteiger partial charge in [-0.1, -0.05) is 5.16 Å². The number of hydrogen-bond donors (Lipinski definition) is 2. The van der Waals surface area contributed by atoms with Crippen LogP contribution in [0.5, 0.6) is 0 Å². The molecule has 3 N–H and O–H groups in total. The molecule has 0 saturated carbocycles. The summed E-state index contributed by atoms with van der Waals surface area (Å²) in [7, 11) is 0. The van der Waals surface area contributed by atoms with Crippen molar-refractivity contribution in [1.82, 2.24) is 14.9 Å². The second-order valence-electron chi connectivity index (χ2n) is 4.67. The normalized spacial score (nSPS) is 11.2. The quantitative estimate of drug-likeness (QED) is 0.868. The summed E-state index contributed by atoms with van der Waals surface area (Å²) in [5, 5.41) is 11.6. The summed E-state index contributed by atoms with van der Waals surface area (Å²) in [6.07, 6.45) is 0. The molecule has 6 heteroatoms. The summed E-state index contributed by atoms with van der Waals surface area (Å²) < 4.78 is 6.91. The summed E-state index contributed by atoms with van der Waals surface area (Å²) in [6.45, 7) is 8.47. The van der Waals surface area contributed by atoms with Gasteiger partial charge in [0.15, 0.2) is 0 Å². The molecule has 2 heterocycles. The number of aryl methyl sites for hydroxylation is 2. The maximum atomic E-state index is 6.02. The van der Waals surface area contributed by atoms with E-state index >= 15 is 0 Å². The van der Waals surface area contributed by atoms with E-state index in [1.54, 1.807) is 0 Å². The van der Waals surface area contributed by atoms with E-state index in [4.69, 9.17) is 10.3 Å². The SMILES string of the molecule is Cc1cc(CNc2c(N)c(C)nn2C(C)C)no1. The molecule has 0 aliphatic rings. The largest absolute Gasteiger partial charge is 0.394 e. The van der Waals surface area contributed by atoms with E-state index in [0.717, 1.165) is 23.0 Å². The average molecular weight is 249 g/mol. The van der Waals surface area contributed by atoms with Gasteiger partial charge in [-0.15, -0.1) is 0 Å². The molecular formula is C12H19N5O. The van der Waals surface area contributed by atoms with Gasteiger partial charge in [0.1, 0.15) is 17.3 Å². The summed E-state index contributed by atoms with van der Waals surface area (Å²) in [6, 6.07) is 2.15. The van der Waals surface area contributed by atoms with Crippen molar-refractivity contribution in [3.63, 3.8) is 0 Å². The molecule has 0 unspecified atom stereocenters. The third kappa shape index (κ3) is 2.32. The Morgan fingerprint density at radius 2 is 2.17 bits per heavy atom. The fourth-order valence-electron chi connectivity index (χ4n) is 1.79. The number of rotatable bonds is 4. The molecule has 0 atom stereocenters. The summed E-state index contributed by atoms with van der Waals surface area (Å²) in [5.74, 6) is 1.64. The molecular weight excluding hydrogens is 230 g/mol. The van der Waals surface area contributed by atoms with E-state index in [-0.39, 0.29) is 6.04 Å². The van der Waals surface area contributed by atoms with Crippen LogP contribution in [0.2, 0.25) is 0 Å². The molecule has 0 radical (unpaired) electrons. The van der Waals surface area contributed by atoms with Crippen LogP contribution in [0.1, 0.15) is 37.0 Å². The van der Waals surface area contributed by atoms with Crippen molar-refractivity contribution < 1.29 is 4.52 Å². The molecule has 0 aliphatic heterocycles. The number of nitrogen functional groups attached to an aromatic ring is 1. The molecule has 0 amide bonds. The predicted octanol–water partition coefficient (Wildman–Crippen LogP) is 2.26. The maximum Gasteiger partial charge on any atom is 0.148 e. The molecule has 0 fully saturated rings. The summed E-state index contributed by atoms with van der Waals surface area (Å²) >= 11 is 0. The number of hydrogen-bond acceptors (Lipinski definition) is 5. The van der Waals surface area contributed by atoms with Crippen molar-refractivity contribution in [3.05, 3.63) is 23.2 Å². The molecule has 0 saturated heterocycles. The summed E-state index contributed by atoms with van der Waals surface area (Å²) in [5.41, 5.74) is 8.39. The standard InChI is InChI=1S/C12H19N5O/c1-7(2)17-12(11(13)9(4)15-17)14-6-10-5-8(3)18-16-10/h5,7,14H,6,13H2,1-4H3. The third-order valence-corrected chi connectivity index (χ3v) is 2.73. The van der Waals surface area contributed by atoms with E-state index < -0.39 is 0 Å². The van der Waals surface area contributed by atoms with Crippen LogP contribution in [0.15, 0.2) is 10.6 Å². The first-order chi connectivity index (χ1) is 8.49. The number of anilines is 2. The van der Waals surface area contributed by atoms with Crippen LogP contribution in [-0.2, 0) is 6.54 Å². The highest BCUT2D eigenvalue weighted by Crippen LogP contribution is 2.25. The Labute approximate surface area is 106 Å². The van der Waals surface area contributed by atoms with E-state index in [0.29, 0.717) is 12.2 Å². The molecule has 0 aromatic carbocycles. The van der Waals surface area contributed by atoms with Gasteiger partial charge in [0.2, 0.25) is 0 Å². The monoisotopic (exact) mass is 249 g/mol. The molecule has 2 rings (SSSR count). The van der Waals surface area contributed by atoms with Crippen LogP contribution in [0.3, 0.4) is 0 Å².